The van der Waals surface area contributed by atoms with E-state index in [1.165, 1.54) is 35.2 Å². The second-order valence-electron chi connectivity index (χ2n) is 8.69. The van der Waals surface area contributed by atoms with Gasteiger partial charge in [-0.25, -0.2) is 8.42 Å². The van der Waals surface area contributed by atoms with E-state index in [9.17, 15) is 23.3 Å². The highest BCUT2D eigenvalue weighted by molar-refractivity contribution is 7.97. The van der Waals surface area contributed by atoms with Crippen LogP contribution in [0.3, 0.4) is 0 Å². The Morgan fingerprint density at radius 3 is 2.26 bits per heavy atom. The molecule has 1 fully saturated rings. The SMILES string of the molecule is Cc1ccc(N2C(=O)/C(=C\c3ccc(N(C)C)cc3)S(=O)(=O)[C@@H]2c2cccc([N+](=O)[O-])c2)cc1C. The molecule has 0 spiro atoms. The molecular weight excluding hydrogens is 466 g/mol. The van der Waals surface area contributed by atoms with Crippen molar-refractivity contribution < 1.29 is 18.1 Å². The van der Waals surface area contributed by atoms with Crippen LogP contribution < -0.4 is 9.80 Å². The Balaban J connectivity index is 1.91. The molecule has 1 atom stereocenters. The van der Waals surface area contributed by atoms with Gasteiger partial charge in [0.2, 0.25) is 9.84 Å². The molecule has 0 saturated carbocycles. The zero-order chi connectivity index (χ0) is 25.5. The molecule has 0 unspecified atom stereocenters. The summed E-state index contributed by atoms with van der Waals surface area (Å²) in [4.78, 5) is 27.2. The van der Waals surface area contributed by atoms with Gasteiger partial charge >= 0.3 is 0 Å². The number of hydrogen-bond acceptors (Lipinski definition) is 6. The van der Waals surface area contributed by atoms with Crippen molar-refractivity contribution in [2.24, 2.45) is 0 Å². The number of nitrogens with zero attached hydrogens (tertiary/aromatic N) is 3. The number of aryl methyl sites for hydroxylation is 2. The number of hydrogen-bond donors (Lipinski definition) is 0. The molecule has 1 amide bonds. The number of amides is 1. The average molecular weight is 492 g/mol. The summed E-state index contributed by atoms with van der Waals surface area (Å²) in [6.07, 6.45) is 1.36. The first kappa shape index (κ1) is 24.2. The molecular formula is C26H25N3O5S. The van der Waals surface area contributed by atoms with Crippen LogP contribution in [0.25, 0.3) is 6.08 Å². The maximum absolute atomic E-state index is 13.8. The molecule has 0 N–H and O–H groups in total. The van der Waals surface area contributed by atoms with Crippen LogP contribution in [-0.4, -0.2) is 33.3 Å². The maximum atomic E-state index is 13.8. The lowest BCUT2D eigenvalue weighted by atomic mass is 10.1. The minimum absolute atomic E-state index is 0.150. The minimum Gasteiger partial charge on any atom is -0.378 e. The van der Waals surface area contributed by atoms with Crippen molar-refractivity contribution in [3.63, 3.8) is 0 Å². The number of sulfone groups is 1. The number of benzene rings is 3. The van der Waals surface area contributed by atoms with Crippen molar-refractivity contribution in [1.82, 2.24) is 0 Å². The standard InChI is InChI=1S/C26H25N3O5S/c1-17-8-11-22(14-18(17)2)28-25(30)24(15-19-9-12-21(13-10-19)27(3)4)35(33,34)26(28)20-6-5-7-23(16-20)29(31)32/h5-16,26H,1-4H3/b24-15+/t26-/m1/s1. The van der Waals surface area contributed by atoms with E-state index in [4.69, 9.17) is 0 Å². The molecule has 1 heterocycles. The van der Waals surface area contributed by atoms with Crippen molar-refractivity contribution >= 4 is 38.9 Å². The Hall–Kier alpha value is -3.98. The van der Waals surface area contributed by atoms with Crippen LogP contribution in [0.5, 0.6) is 0 Å². The highest BCUT2D eigenvalue weighted by atomic mass is 32.2. The molecule has 1 saturated heterocycles. The number of nitro benzene ring substituents is 1. The third-order valence-corrected chi connectivity index (χ3v) is 8.08. The molecule has 0 aliphatic carbocycles. The first-order chi connectivity index (χ1) is 16.5. The smallest absolute Gasteiger partial charge is 0.271 e. The predicted octanol–water partition coefficient (Wildman–Crippen LogP) is 4.78. The second kappa shape index (κ2) is 8.99. The van der Waals surface area contributed by atoms with Gasteiger partial charge in [0.05, 0.1) is 4.92 Å². The van der Waals surface area contributed by atoms with Gasteiger partial charge in [-0.05, 0) is 66.4 Å². The zero-order valence-corrected chi connectivity index (χ0v) is 20.6. The number of rotatable bonds is 5. The number of anilines is 2. The van der Waals surface area contributed by atoms with Gasteiger partial charge in [-0.15, -0.1) is 0 Å². The quantitative estimate of drug-likeness (QED) is 0.289. The van der Waals surface area contributed by atoms with Crippen molar-refractivity contribution in [2.75, 3.05) is 23.9 Å². The van der Waals surface area contributed by atoms with Crippen molar-refractivity contribution in [2.45, 2.75) is 19.2 Å². The Labute approximate surface area is 204 Å². The zero-order valence-electron chi connectivity index (χ0n) is 19.8. The van der Waals surface area contributed by atoms with Crippen molar-refractivity contribution in [3.8, 4) is 0 Å². The Morgan fingerprint density at radius 1 is 0.971 bits per heavy atom. The van der Waals surface area contributed by atoms with Crippen molar-refractivity contribution in [3.05, 3.63) is 104 Å². The number of carbonyl (C=O) groups is 1. The Morgan fingerprint density at radius 2 is 1.66 bits per heavy atom. The van der Waals surface area contributed by atoms with Gasteiger partial charge in [0.1, 0.15) is 4.91 Å². The lowest BCUT2D eigenvalue weighted by Crippen LogP contribution is -2.29. The van der Waals surface area contributed by atoms with Crippen LogP contribution >= 0.6 is 0 Å². The summed E-state index contributed by atoms with van der Waals surface area (Å²) in [6.45, 7) is 3.79. The summed E-state index contributed by atoms with van der Waals surface area (Å²) >= 11 is 0. The molecule has 0 radical (unpaired) electrons. The normalized spacial score (nSPS) is 18.2. The van der Waals surface area contributed by atoms with E-state index in [0.717, 1.165) is 16.8 Å². The fourth-order valence-electron chi connectivity index (χ4n) is 4.02. The summed E-state index contributed by atoms with van der Waals surface area (Å²) in [5.41, 5.74) is 3.68. The molecule has 8 nitrogen and oxygen atoms in total. The van der Waals surface area contributed by atoms with E-state index in [1.54, 1.807) is 24.3 Å². The number of non-ortho nitro benzene ring substituents is 1. The molecule has 1 aliphatic heterocycles. The van der Waals surface area contributed by atoms with E-state index in [0.29, 0.717) is 11.3 Å². The predicted molar refractivity (Wildman–Crippen MR) is 137 cm³/mol. The van der Waals surface area contributed by atoms with Gasteiger partial charge in [-0.2, -0.15) is 0 Å². The van der Waals surface area contributed by atoms with Crippen LogP contribution in [0.15, 0.2) is 71.6 Å². The molecule has 0 aromatic heterocycles. The highest BCUT2D eigenvalue weighted by Crippen LogP contribution is 2.44. The summed E-state index contributed by atoms with van der Waals surface area (Å²) in [7, 11) is -0.428. The van der Waals surface area contributed by atoms with E-state index >= 15 is 0 Å². The van der Waals surface area contributed by atoms with Gasteiger partial charge < -0.3 is 4.90 Å². The molecule has 3 aromatic rings. The van der Waals surface area contributed by atoms with Crippen LogP contribution in [0, 0.1) is 24.0 Å². The molecule has 0 bridgehead atoms. The monoisotopic (exact) mass is 491 g/mol. The minimum atomic E-state index is -4.21. The molecule has 35 heavy (non-hydrogen) atoms. The fourth-order valence-corrected chi connectivity index (χ4v) is 5.90. The lowest BCUT2D eigenvalue weighted by Gasteiger charge is -2.24. The molecule has 1 aliphatic rings. The van der Waals surface area contributed by atoms with Gasteiger partial charge in [-0.1, -0.05) is 30.3 Å². The average Bonchev–Trinajstić information content (AvgIpc) is 3.01. The van der Waals surface area contributed by atoms with Crippen LogP contribution in [0.2, 0.25) is 0 Å². The molecule has 180 valence electrons. The maximum Gasteiger partial charge on any atom is 0.271 e. The fraction of sp³-hybridized carbons (Fsp3) is 0.192. The topological polar surface area (TPSA) is 101 Å². The highest BCUT2D eigenvalue weighted by Gasteiger charge is 2.50. The molecule has 4 rings (SSSR count). The van der Waals surface area contributed by atoms with Crippen LogP contribution in [0.4, 0.5) is 17.1 Å². The van der Waals surface area contributed by atoms with E-state index in [2.05, 4.69) is 0 Å². The van der Waals surface area contributed by atoms with Gasteiger partial charge in [0.25, 0.3) is 11.6 Å². The third kappa shape index (κ3) is 4.42. The van der Waals surface area contributed by atoms with Gasteiger partial charge in [0.15, 0.2) is 5.37 Å². The summed E-state index contributed by atoms with van der Waals surface area (Å²) in [5.74, 6) is -0.679. The Bertz CT molecular complexity index is 1460. The van der Waals surface area contributed by atoms with E-state index < -0.39 is 26.0 Å². The van der Waals surface area contributed by atoms with Crippen LogP contribution in [-0.2, 0) is 14.6 Å². The third-order valence-electron chi connectivity index (χ3n) is 6.11. The van der Waals surface area contributed by atoms with E-state index in [-0.39, 0.29) is 16.2 Å². The second-order valence-corrected chi connectivity index (χ2v) is 10.7. The van der Waals surface area contributed by atoms with Crippen LogP contribution in [0.1, 0.15) is 27.6 Å². The Kier molecular flexibility index (Phi) is 6.21. The first-order valence-electron chi connectivity index (χ1n) is 10.9. The molecule has 3 aromatic carbocycles. The summed E-state index contributed by atoms with van der Waals surface area (Å²) < 4.78 is 27.6. The summed E-state index contributed by atoms with van der Waals surface area (Å²) in [5, 5.41) is 9.94. The van der Waals surface area contributed by atoms with Gasteiger partial charge in [0, 0.05) is 37.6 Å². The first-order valence-corrected chi connectivity index (χ1v) is 12.4. The number of nitro groups is 1. The number of carbonyl (C=O) groups excluding carboxylic acids is 1. The van der Waals surface area contributed by atoms with Crippen molar-refractivity contribution in [1.29, 1.82) is 0 Å². The van der Waals surface area contributed by atoms with Gasteiger partial charge in [-0.3, -0.25) is 19.8 Å². The molecule has 9 heteroatoms. The lowest BCUT2D eigenvalue weighted by molar-refractivity contribution is -0.384. The van der Waals surface area contributed by atoms with E-state index in [1.807, 2.05) is 51.0 Å². The summed E-state index contributed by atoms with van der Waals surface area (Å²) in [6, 6.07) is 17.8. The largest absolute Gasteiger partial charge is 0.378 e.